The molecule has 0 bridgehead atoms. The Labute approximate surface area is 114 Å². The highest BCUT2D eigenvalue weighted by atomic mass is 16.3. The largest absolute Gasteiger partial charge is 0.472 e. The summed E-state index contributed by atoms with van der Waals surface area (Å²) in [5.74, 6) is 0.234. The van der Waals surface area contributed by atoms with E-state index in [-0.39, 0.29) is 5.92 Å². The second-order valence-corrected chi connectivity index (χ2v) is 5.62. The fourth-order valence-corrected chi connectivity index (χ4v) is 3.34. The molecule has 2 heteroatoms. The molecule has 2 nitrogen and oxygen atoms in total. The van der Waals surface area contributed by atoms with Crippen molar-refractivity contribution in [1.82, 2.24) is 0 Å². The summed E-state index contributed by atoms with van der Waals surface area (Å²) in [5, 5.41) is 11.1. The Bertz CT molecular complexity index is 503. The van der Waals surface area contributed by atoms with Gasteiger partial charge in [0.15, 0.2) is 0 Å². The summed E-state index contributed by atoms with van der Waals surface area (Å²) in [7, 11) is 0. The van der Waals surface area contributed by atoms with Crippen molar-refractivity contribution >= 4 is 0 Å². The molecule has 0 amide bonds. The lowest BCUT2D eigenvalue weighted by molar-refractivity contribution is -0.0168. The van der Waals surface area contributed by atoms with E-state index in [2.05, 4.69) is 24.3 Å². The minimum atomic E-state index is -0.635. The number of benzene rings is 1. The molecular weight excluding hydrogens is 236 g/mol. The summed E-state index contributed by atoms with van der Waals surface area (Å²) in [5.41, 5.74) is 1.71. The number of rotatable bonds is 3. The standard InChI is InChI=1S/C17H20O2/c18-17(12-14-9-11-19-13-14)10-5-4-8-16(17)15-6-2-1-3-7-15/h1-3,6-7,9,11,13,16,18H,4-5,8,10,12H2. The van der Waals surface area contributed by atoms with Crippen LogP contribution in [0.25, 0.3) is 0 Å². The molecule has 2 unspecified atom stereocenters. The van der Waals surface area contributed by atoms with E-state index in [0.29, 0.717) is 6.42 Å². The molecule has 1 fully saturated rings. The lowest BCUT2D eigenvalue weighted by Crippen LogP contribution is -2.41. The van der Waals surface area contributed by atoms with Crippen LogP contribution in [0.15, 0.2) is 53.3 Å². The Hall–Kier alpha value is -1.54. The predicted octanol–water partition coefficient (Wildman–Crippen LogP) is 3.91. The molecule has 0 aliphatic heterocycles. The van der Waals surface area contributed by atoms with E-state index in [1.54, 1.807) is 12.5 Å². The highest BCUT2D eigenvalue weighted by Gasteiger charge is 2.39. The Balaban J connectivity index is 1.88. The predicted molar refractivity (Wildman–Crippen MR) is 75.0 cm³/mol. The molecule has 3 rings (SSSR count). The van der Waals surface area contributed by atoms with Crippen LogP contribution in [0.3, 0.4) is 0 Å². The molecule has 1 saturated carbocycles. The lowest BCUT2D eigenvalue weighted by Gasteiger charge is -2.40. The Morgan fingerprint density at radius 1 is 1.16 bits per heavy atom. The maximum absolute atomic E-state index is 11.1. The van der Waals surface area contributed by atoms with Gasteiger partial charge in [0, 0.05) is 12.3 Å². The molecule has 100 valence electrons. The van der Waals surface area contributed by atoms with Gasteiger partial charge in [-0.1, -0.05) is 43.2 Å². The van der Waals surface area contributed by atoms with E-state index in [4.69, 9.17) is 4.42 Å². The van der Waals surface area contributed by atoms with Crippen molar-refractivity contribution in [1.29, 1.82) is 0 Å². The molecule has 19 heavy (non-hydrogen) atoms. The molecule has 1 N–H and O–H groups in total. The smallest absolute Gasteiger partial charge is 0.0935 e. The highest BCUT2D eigenvalue weighted by Crippen LogP contribution is 2.42. The molecule has 0 spiro atoms. The molecule has 1 aromatic carbocycles. The van der Waals surface area contributed by atoms with Crippen molar-refractivity contribution < 1.29 is 9.52 Å². The molecule has 1 aromatic heterocycles. The zero-order chi connectivity index (χ0) is 13.1. The second kappa shape index (κ2) is 5.22. The maximum atomic E-state index is 11.1. The highest BCUT2D eigenvalue weighted by molar-refractivity contribution is 5.25. The number of aliphatic hydroxyl groups is 1. The zero-order valence-corrected chi connectivity index (χ0v) is 11.1. The van der Waals surface area contributed by atoms with Gasteiger partial charge in [-0.3, -0.25) is 0 Å². The van der Waals surface area contributed by atoms with Gasteiger partial charge >= 0.3 is 0 Å². The van der Waals surface area contributed by atoms with Crippen LogP contribution in [0.4, 0.5) is 0 Å². The van der Waals surface area contributed by atoms with E-state index in [1.807, 2.05) is 12.1 Å². The Kier molecular flexibility index (Phi) is 3.43. The van der Waals surface area contributed by atoms with Crippen LogP contribution in [-0.4, -0.2) is 10.7 Å². The van der Waals surface area contributed by atoms with Crippen LogP contribution in [0, 0.1) is 0 Å². The Morgan fingerprint density at radius 3 is 2.74 bits per heavy atom. The van der Waals surface area contributed by atoms with Gasteiger partial charge in [-0.25, -0.2) is 0 Å². The van der Waals surface area contributed by atoms with Crippen LogP contribution >= 0.6 is 0 Å². The number of hydrogen-bond donors (Lipinski definition) is 1. The van der Waals surface area contributed by atoms with Crippen molar-refractivity contribution in [3.8, 4) is 0 Å². The Morgan fingerprint density at radius 2 is 2.00 bits per heavy atom. The fourth-order valence-electron chi connectivity index (χ4n) is 3.34. The second-order valence-electron chi connectivity index (χ2n) is 5.62. The van der Waals surface area contributed by atoms with Crippen LogP contribution in [0.5, 0.6) is 0 Å². The average molecular weight is 256 g/mol. The van der Waals surface area contributed by atoms with E-state index < -0.39 is 5.60 Å². The van der Waals surface area contributed by atoms with Crippen molar-refractivity contribution in [3.05, 3.63) is 60.1 Å². The molecule has 1 heterocycles. The van der Waals surface area contributed by atoms with E-state index in [1.165, 1.54) is 12.0 Å². The lowest BCUT2D eigenvalue weighted by atomic mass is 9.69. The summed E-state index contributed by atoms with van der Waals surface area (Å²) < 4.78 is 5.13. The first-order valence-corrected chi connectivity index (χ1v) is 7.06. The summed E-state index contributed by atoms with van der Waals surface area (Å²) in [6, 6.07) is 12.4. The third-order valence-electron chi connectivity index (χ3n) is 4.29. The third-order valence-corrected chi connectivity index (χ3v) is 4.29. The molecule has 1 aliphatic rings. The van der Waals surface area contributed by atoms with Gasteiger partial charge in [0.25, 0.3) is 0 Å². The summed E-state index contributed by atoms with van der Waals surface area (Å²) in [6.45, 7) is 0. The van der Waals surface area contributed by atoms with Crippen LogP contribution in [0.2, 0.25) is 0 Å². The topological polar surface area (TPSA) is 33.4 Å². The van der Waals surface area contributed by atoms with Gasteiger partial charge in [0.05, 0.1) is 18.1 Å². The zero-order valence-electron chi connectivity index (χ0n) is 11.1. The van der Waals surface area contributed by atoms with Crippen LogP contribution < -0.4 is 0 Å². The summed E-state index contributed by atoms with van der Waals surface area (Å²) in [6.07, 6.45) is 8.36. The van der Waals surface area contributed by atoms with E-state index >= 15 is 0 Å². The SMILES string of the molecule is OC1(Cc2ccoc2)CCCCC1c1ccccc1. The monoisotopic (exact) mass is 256 g/mol. The van der Waals surface area contributed by atoms with E-state index in [0.717, 1.165) is 24.8 Å². The average Bonchev–Trinajstić information content (AvgIpc) is 2.92. The van der Waals surface area contributed by atoms with Gasteiger partial charge in [-0.15, -0.1) is 0 Å². The maximum Gasteiger partial charge on any atom is 0.0935 e. The van der Waals surface area contributed by atoms with Gasteiger partial charge in [0.1, 0.15) is 0 Å². The first-order chi connectivity index (χ1) is 9.28. The van der Waals surface area contributed by atoms with Crippen LogP contribution in [-0.2, 0) is 6.42 Å². The van der Waals surface area contributed by atoms with Gasteiger partial charge in [-0.05, 0) is 30.0 Å². The normalized spacial score (nSPS) is 27.3. The molecule has 0 saturated heterocycles. The van der Waals surface area contributed by atoms with Gasteiger partial charge < -0.3 is 9.52 Å². The molecule has 2 aromatic rings. The first-order valence-electron chi connectivity index (χ1n) is 7.06. The van der Waals surface area contributed by atoms with Gasteiger partial charge in [0.2, 0.25) is 0 Å². The van der Waals surface area contributed by atoms with E-state index in [9.17, 15) is 5.11 Å². The van der Waals surface area contributed by atoms with Crippen molar-refractivity contribution in [2.45, 2.75) is 43.6 Å². The molecule has 1 aliphatic carbocycles. The minimum absolute atomic E-state index is 0.234. The quantitative estimate of drug-likeness (QED) is 0.903. The van der Waals surface area contributed by atoms with Crippen molar-refractivity contribution in [2.75, 3.05) is 0 Å². The molecular formula is C17H20O2. The molecule has 2 atom stereocenters. The number of hydrogen-bond acceptors (Lipinski definition) is 2. The van der Waals surface area contributed by atoms with Crippen molar-refractivity contribution in [3.63, 3.8) is 0 Å². The first kappa shape index (κ1) is 12.5. The van der Waals surface area contributed by atoms with Crippen LogP contribution in [0.1, 0.15) is 42.7 Å². The third kappa shape index (κ3) is 2.59. The van der Waals surface area contributed by atoms with Crippen molar-refractivity contribution in [2.24, 2.45) is 0 Å². The number of furan rings is 1. The summed E-state index contributed by atoms with van der Waals surface area (Å²) in [4.78, 5) is 0. The fraction of sp³-hybridized carbons (Fsp3) is 0.412. The summed E-state index contributed by atoms with van der Waals surface area (Å²) >= 11 is 0. The molecule has 0 radical (unpaired) electrons. The van der Waals surface area contributed by atoms with Gasteiger partial charge in [-0.2, -0.15) is 0 Å². The minimum Gasteiger partial charge on any atom is -0.472 e.